The molecule has 0 saturated carbocycles. The molecule has 0 aromatic carbocycles. The Bertz CT molecular complexity index is 175. The Kier molecular flexibility index (Phi) is 3.04. The van der Waals surface area contributed by atoms with Crippen LogP contribution in [0.15, 0.2) is 0 Å². The summed E-state index contributed by atoms with van der Waals surface area (Å²) in [6, 6.07) is -0.795. The second kappa shape index (κ2) is 3.37. The van der Waals surface area contributed by atoms with Crippen LogP contribution in [-0.2, 0) is 4.79 Å². The van der Waals surface area contributed by atoms with Gasteiger partial charge in [0.15, 0.2) is 0 Å². The van der Waals surface area contributed by atoms with Gasteiger partial charge < -0.3 is 5.73 Å². The molecular formula is C7H14N2O2. The van der Waals surface area contributed by atoms with Crippen LogP contribution in [-0.4, -0.2) is 11.9 Å². The van der Waals surface area contributed by atoms with Crippen LogP contribution in [0.25, 0.3) is 0 Å². The summed E-state index contributed by atoms with van der Waals surface area (Å²) in [5, 5.41) is 2.03. The van der Waals surface area contributed by atoms with Crippen molar-refractivity contribution in [2.24, 2.45) is 11.1 Å². The van der Waals surface area contributed by atoms with Crippen molar-refractivity contribution in [2.45, 2.75) is 27.2 Å². The predicted octanol–water partition coefficient (Wildman–Crippen LogP) is 0.618. The van der Waals surface area contributed by atoms with Crippen LogP contribution in [0.4, 0.5) is 4.79 Å². The van der Waals surface area contributed by atoms with Crippen LogP contribution in [0, 0.1) is 5.41 Å². The molecule has 4 heteroatoms. The van der Waals surface area contributed by atoms with Crippen molar-refractivity contribution in [3.63, 3.8) is 0 Å². The third kappa shape index (κ3) is 3.02. The number of nitrogens with two attached hydrogens (primary N) is 1. The zero-order valence-electron chi connectivity index (χ0n) is 7.10. The van der Waals surface area contributed by atoms with Gasteiger partial charge in [-0.2, -0.15) is 0 Å². The first-order chi connectivity index (χ1) is 4.90. The van der Waals surface area contributed by atoms with Gasteiger partial charge in [-0.25, -0.2) is 4.79 Å². The van der Waals surface area contributed by atoms with E-state index in [4.69, 9.17) is 5.73 Å². The molecule has 0 atom stereocenters. The number of primary amides is 1. The number of nitrogens with one attached hydrogen (secondary N) is 1. The Hall–Kier alpha value is -1.06. The highest BCUT2D eigenvalue weighted by molar-refractivity contribution is 5.96. The Morgan fingerprint density at radius 1 is 1.45 bits per heavy atom. The topological polar surface area (TPSA) is 72.2 Å². The van der Waals surface area contributed by atoms with Crippen LogP contribution < -0.4 is 11.1 Å². The minimum absolute atomic E-state index is 0.326. The van der Waals surface area contributed by atoms with Gasteiger partial charge in [0.2, 0.25) is 5.91 Å². The zero-order chi connectivity index (χ0) is 9.07. The Morgan fingerprint density at radius 3 is 2.18 bits per heavy atom. The predicted molar refractivity (Wildman–Crippen MR) is 41.8 cm³/mol. The van der Waals surface area contributed by atoms with E-state index in [9.17, 15) is 9.59 Å². The van der Waals surface area contributed by atoms with Gasteiger partial charge in [0.1, 0.15) is 0 Å². The van der Waals surface area contributed by atoms with E-state index in [0.717, 1.165) is 0 Å². The molecule has 0 unspecified atom stereocenters. The van der Waals surface area contributed by atoms with E-state index in [0.29, 0.717) is 6.42 Å². The van der Waals surface area contributed by atoms with Crippen LogP contribution >= 0.6 is 0 Å². The highest BCUT2D eigenvalue weighted by Gasteiger charge is 2.25. The van der Waals surface area contributed by atoms with Crippen molar-refractivity contribution in [3.05, 3.63) is 0 Å². The van der Waals surface area contributed by atoms with Gasteiger partial charge in [-0.1, -0.05) is 20.8 Å². The number of imide groups is 1. The van der Waals surface area contributed by atoms with E-state index in [1.165, 1.54) is 0 Å². The molecule has 11 heavy (non-hydrogen) atoms. The third-order valence-electron chi connectivity index (χ3n) is 1.74. The van der Waals surface area contributed by atoms with Gasteiger partial charge >= 0.3 is 6.03 Å². The van der Waals surface area contributed by atoms with Gasteiger partial charge in [0, 0.05) is 5.41 Å². The summed E-state index contributed by atoms with van der Waals surface area (Å²) in [6.45, 7) is 5.39. The molecule has 0 spiro atoms. The SMILES string of the molecule is CCC(C)(C)C(=O)NC(N)=O. The molecule has 0 aliphatic carbocycles. The fraction of sp³-hybridized carbons (Fsp3) is 0.714. The first kappa shape index (κ1) is 9.94. The largest absolute Gasteiger partial charge is 0.351 e. The number of carbonyl (C=O) groups excluding carboxylic acids is 2. The summed E-state index contributed by atoms with van der Waals surface area (Å²) >= 11 is 0. The van der Waals surface area contributed by atoms with Crippen molar-refractivity contribution in [1.82, 2.24) is 5.32 Å². The lowest BCUT2D eigenvalue weighted by atomic mass is 9.89. The van der Waals surface area contributed by atoms with E-state index in [2.05, 4.69) is 0 Å². The van der Waals surface area contributed by atoms with Gasteiger partial charge in [-0.15, -0.1) is 0 Å². The molecule has 3 N–H and O–H groups in total. The minimum Gasteiger partial charge on any atom is -0.351 e. The quantitative estimate of drug-likeness (QED) is 0.618. The van der Waals surface area contributed by atoms with Gasteiger partial charge in [0.25, 0.3) is 0 Å². The fourth-order valence-electron chi connectivity index (χ4n) is 0.442. The van der Waals surface area contributed by atoms with Gasteiger partial charge in [-0.05, 0) is 6.42 Å². The summed E-state index contributed by atoms with van der Waals surface area (Å²) < 4.78 is 0. The number of carbonyl (C=O) groups is 2. The molecule has 0 aliphatic rings. The summed E-state index contributed by atoms with van der Waals surface area (Å²) in [5.74, 6) is -0.326. The molecule has 64 valence electrons. The maximum Gasteiger partial charge on any atom is 0.318 e. The van der Waals surface area contributed by atoms with Crippen LogP contribution in [0.3, 0.4) is 0 Å². The number of urea groups is 1. The first-order valence-corrected chi connectivity index (χ1v) is 3.51. The first-order valence-electron chi connectivity index (χ1n) is 3.51. The third-order valence-corrected chi connectivity index (χ3v) is 1.74. The second-order valence-electron chi connectivity index (χ2n) is 3.06. The number of amides is 3. The summed E-state index contributed by atoms with van der Waals surface area (Å²) in [5.41, 5.74) is 4.26. The van der Waals surface area contributed by atoms with Crippen LogP contribution in [0.2, 0.25) is 0 Å². The number of hydrogen-bond donors (Lipinski definition) is 2. The maximum atomic E-state index is 11.1. The van der Waals surface area contributed by atoms with E-state index in [-0.39, 0.29) is 5.91 Å². The summed E-state index contributed by atoms with van der Waals surface area (Å²) in [4.78, 5) is 21.4. The molecule has 0 aromatic rings. The fourth-order valence-corrected chi connectivity index (χ4v) is 0.442. The molecule has 0 rings (SSSR count). The Morgan fingerprint density at radius 2 is 1.91 bits per heavy atom. The lowest BCUT2D eigenvalue weighted by molar-refractivity contribution is -0.128. The molecule has 0 heterocycles. The smallest absolute Gasteiger partial charge is 0.318 e. The van der Waals surface area contributed by atoms with E-state index >= 15 is 0 Å². The molecule has 0 bridgehead atoms. The molecule has 0 fully saturated rings. The average Bonchev–Trinajstić information content (AvgIpc) is 1.86. The molecular weight excluding hydrogens is 144 g/mol. The number of rotatable bonds is 2. The lowest BCUT2D eigenvalue weighted by Gasteiger charge is -2.19. The van der Waals surface area contributed by atoms with Crippen molar-refractivity contribution in [2.75, 3.05) is 0 Å². The maximum absolute atomic E-state index is 11.1. The van der Waals surface area contributed by atoms with Gasteiger partial charge in [0.05, 0.1) is 0 Å². The van der Waals surface area contributed by atoms with Crippen molar-refractivity contribution < 1.29 is 9.59 Å². The zero-order valence-corrected chi connectivity index (χ0v) is 7.10. The van der Waals surface area contributed by atoms with Crippen molar-refractivity contribution >= 4 is 11.9 Å². The minimum atomic E-state index is -0.795. The van der Waals surface area contributed by atoms with Crippen LogP contribution in [0.5, 0.6) is 0 Å². The molecule has 0 saturated heterocycles. The lowest BCUT2D eigenvalue weighted by Crippen LogP contribution is -2.42. The van der Waals surface area contributed by atoms with E-state index in [1.807, 2.05) is 12.2 Å². The molecule has 0 aromatic heterocycles. The second-order valence-corrected chi connectivity index (χ2v) is 3.06. The molecule has 0 aliphatic heterocycles. The summed E-state index contributed by atoms with van der Waals surface area (Å²) in [6.07, 6.45) is 0.673. The Balaban J connectivity index is 4.13. The number of hydrogen-bond acceptors (Lipinski definition) is 2. The highest BCUT2D eigenvalue weighted by atomic mass is 16.2. The Labute approximate surface area is 66.1 Å². The average molecular weight is 158 g/mol. The molecule has 3 amide bonds. The van der Waals surface area contributed by atoms with Gasteiger partial charge in [-0.3, -0.25) is 10.1 Å². The molecule has 4 nitrogen and oxygen atoms in total. The highest BCUT2D eigenvalue weighted by Crippen LogP contribution is 2.18. The van der Waals surface area contributed by atoms with Crippen LogP contribution in [0.1, 0.15) is 27.2 Å². The van der Waals surface area contributed by atoms with Crippen molar-refractivity contribution in [3.8, 4) is 0 Å². The summed E-state index contributed by atoms with van der Waals surface area (Å²) in [7, 11) is 0. The monoisotopic (exact) mass is 158 g/mol. The van der Waals surface area contributed by atoms with E-state index < -0.39 is 11.4 Å². The molecule has 0 radical (unpaired) electrons. The van der Waals surface area contributed by atoms with Crippen molar-refractivity contribution in [1.29, 1.82) is 0 Å². The van der Waals surface area contributed by atoms with E-state index in [1.54, 1.807) is 13.8 Å². The standard InChI is InChI=1S/C7H14N2O2/c1-4-7(2,3)5(10)9-6(8)11/h4H2,1-3H3,(H3,8,9,10,11). The normalized spacial score (nSPS) is 10.8.